The van der Waals surface area contributed by atoms with Crippen LogP contribution in [0.15, 0.2) is 30.3 Å². The maximum absolute atomic E-state index is 12.4. The summed E-state index contributed by atoms with van der Waals surface area (Å²) in [7, 11) is 0. The van der Waals surface area contributed by atoms with Crippen molar-refractivity contribution in [2.24, 2.45) is 5.92 Å². The fourth-order valence-corrected chi connectivity index (χ4v) is 2.49. The molecule has 1 aromatic carbocycles. The second kappa shape index (κ2) is 9.02. The molecule has 3 atom stereocenters. The number of halogens is 1. The Kier molecular flexibility index (Phi) is 7.68. The summed E-state index contributed by atoms with van der Waals surface area (Å²) in [6.45, 7) is 6.95. The SMILES string of the molecule is CCC(C)C(C(=O)NCCCC(C)Cl)c1ccccc1. The molecule has 0 aromatic heterocycles. The van der Waals surface area contributed by atoms with E-state index in [0.29, 0.717) is 12.5 Å². The van der Waals surface area contributed by atoms with Gasteiger partial charge >= 0.3 is 0 Å². The third-order valence-corrected chi connectivity index (χ3v) is 3.95. The summed E-state index contributed by atoms with van der Waals surface area (Å²) in [5, 5.41) is 3.23. The van der Waals surface area contributed by atoms with E-state index in [1.165, 1.54) is 0 Å². The quantitative estimate of drug-likeness (QED) is 0.561. The minimum Gasteiger partial charge on any atom is -0.356 e. The van der Waals surface area contributed by atoms with E-state index in [9.17, 15) is 4.79 Å². The van der Waals surface area contributed by atoms with Crippen LogP contribution in [0.1, 0.15) is 51.5 Å². The van der Waals surface area contributed by atoms with Gasteiger partial charge in [0.05, 0.1) is 5.92 Å². The van der Waals surface area contributed by atoms with Crippen molar-refractivity contribution in [1.82, 2.24) is 5.32 Å². The van der Waals surface area contributed by atoms with Crippen molar-refractivity contribution in [1.29, 1.82) is 0 Å². The van der Waals surface area contributed by atoms with E-state index in [-0.39, 0.29) is 17.2 Å². The molecule has 3 unspecified atom stereocenters. The molecule has 0 fully saturated rings. The van der Waals surface area contributed by atoms with E-state index in [1.54, 1.807) is 0 Å². The van der Waals surface area contributed by atoms with Crippen molar-refractivity contribution < 1.29 is 4.79 Å². The number of alkyl halides is 1. The van der Waals surface area contributed by atoms with Crippen LogP contribution in [0.5, 0.6) is 0 Å². The molecule has 0 aliphatic heterocycles. The molecular weight excluding hydrogens is 270 g/mol. The van der Waals surface area contributed by atoms with Crippen molar-refractivity contribution in [3.05, 3.63) is 35.9 Å². The molecule has 1 N–H and O–H groups in total. The average molecular weight is 296 g/mol. The Morgan fingerprint density at radius 2 is 1.90 bits per heavy atom. The summed E-state index contributed by atoms with van der Waals surface area (Å²) in [6, 6.07) is 10.0. The smallest absolute Gasteiger partial charge is 0.227 e. The first-order valence-corrected chi connectivity index (χ1v) is 7.96. The number of benzene rings is 1. The average Bonchev–Trinajstić information content (AvgIpc) is 2.44. The number of amides is 1. The van der Waals surface area contributed by atoms with Crippen LogP contribution in [0.3, 0.4) is 0 Å². The van der Waals surface area contributed by atoms with Crippen LogP contribution in [-0.2, 0) is 4.79 Å². The first-order valence-electron chi connectivity index (χ1n) is 7.53. The molecular formula is C17H26ClNO. The predicted molar refractivity (Wildman–Crippen MR) is 86.2 cm³/mol. The van der Waals surface area contributed by atoms with E-state index in [0.717, 1.165) is 24.8 Å². The monoisotopic (exact) mass is 295 g/mol. The molecule has 0 saturated heterocycles. The molecule has 0 spiro atoms. The largest absolute Gasteiger partial charge is 0.356 e. The maximum Gasteiger partial charge on any atom is 0.227 e. The first kappa shape index (κ1) is 17.0. The molecule has 1 rings (SSSR count). The Labute approximate surface area is 127 Å². The molecule has 0 aliphatic carbocycles. The van der Waals surface area contributed by atoms with E-state index < -0.39 is 0 Å². The van der Waals surface area contributed by atoms with Gasteiger partial charge in [-0.05, 0) is 31.2 Å². The van der Waals surface area contributed by atoms with Gasteiger partial charge in [0.1, 0.15) is 0 Å². The summed E-state index contributed by atoms with van der Waals surface area (Å²) >= 11 is 5.91. The van der Waals surface area contributed by atoms with E-state index >= 15 is 0 Å². The van der Waals surface area contributed by atoms with Crippen LogP contribution in [0.2, 0.25) is 0 Å². The molecule has 0 aliphatic rings. The standard InChI is InChI=1S/C17H26ClNO/c1-4-13(2)16(15-10-6-5-7-11-15)17(20)19-12-8-9-14(3)18/h5-7,10-11,13-14,16H,4,8-9,12H2,1-3H3,(H,19,20). The van der Waals surface area contributed by atoms with Crippen molar-refractivity contribution in [2.45, 2.75) is 51.3 Å². The highest BCUT2D eigenvalue weighted by Crippen LogP contribution is 2.27. The fraction of sp³-hybridized carbons (Fsp3) is 0.588. The molecule has 3 heteroatoms. The highest BCUT2D eigenvalue weighted by Gasteiger charge is 2.25. The van der Waals surface area contributed by atoms with Gasteiger partial charge in [-0.15, -0.1) is 11.6 Å². The zero-order valence-electron chi connectivity index (χ0n) is 12.7. The Morgan fingerprint density at radius 1 is 1.25 bits per heavy atom. The normalized spacial score (nSPS) is 15.4. The minimum atomic E-state index is -0.0605. The second-order valence-electron chi connectivity index (χ2n) is 5.49. The van der Waals surface area contributed by atoms with Crippen LogP contribution in [0.25, 0.3) is 0 Å². The van der Waals surface area contributed by atoms with Gasteiger partial charge in [0.25, 0.3) is 0 Å². The Balaban J connectivity index is 2.62. The van der Waals surface area contributed by atoms with Crippen molar-refractivity contribution in [2.75, 3.05) is 6.54 Å². The van der Waals surface area contributed by atoms with Gasteiger partial charge in [0, 0.05) is 11.9 Å². The summed E-state index contributed by atoms with van der Waals surface area (Å²) < 4.78 is 0. The number of hydrogen-bond donors (Lipinski definition) is 1. The van der Waals surface area contributed by atoms with Crippen LogP contribution in [0.4, 0.5) is 0 Å². The van der Waals surface area contributed by atoms with Crippen LogP contribution in [-0.4, -0.2) is 17.8 Å². The lowest BCUT2D eigenvalue weighted by atomic mass is 9.85. The van der Waals surface area contributed by atoms with Gasteiger partial charge in [0.15, 0.2) is 0 Å². The van der Waals surface area contributed by atoms with Gasteiger partial charge < -0.3 is 5.32 Å². The Morgan fingerprint density at radius 3 is 2.45 bits per heavy atom. The topological polar surface area (TPSA) is 29.1 Å². The zero-order valence-corrected chi connectivity index (χ0v) is 13.5. The van der Waals surface area contributed by atoms with E-state index in [2.05, 4.69) is 19.2 Å². The molecule has 0 saturated carbocycles. The highest BCUT2D eigenvalue weighted by molar-refractivity contribution is 6.20. The minimum absolute atomic E-state index is 0.0605. The second-order valence-corrected chi connectivity index (χ2v) is 6.23. The number of rotatable bonds is 8. The molecule has 20 heavy (non-hydrogen) atoms. The Hall–Kier alpha value is -1.02. The fourth-order valence-electron chi connectivity index (χ4n) is 2.34. The zero-order chi connectivity index (χ0) is 15.0. The molecule has 2 nitrogen and oxygen atoms in total. The van der Waals surface area contributed by atoms with Gasteiger partial charge in [-0.2, -0.15) is 0 Å². The molecule has 1 amide bonds. The lowest BCUT2D eigenvalue weighted by Crippen LogP contribution is -2.33. The molecule has 1 aromatic rings. The van der Waals surface area contributed by atoms with Crippen molar-refractivity contribution in [3.63, 3.8) is 0 Å². The Bertz CT molecular complexity index is 391. The summed E-state index contributed by atoms with van der Waals surface area (Å²) in [5.41, 5.74) is 1.10. The third-order valence-electron chi connectivity index (χ3n) is 3.73. The lowest BCUT2D eigenvalue weighted by Gasteiger charge is -2.22. The summed E-state index contributed by atoms with van der Waals surface area (Å²) in [6.07, 6.45) is 2.85. The van der Waals surface area contributed by atoms with Gasteiger partial charge in [-0.1, -0.05) is 50.6 Å². The van der Waals surface area contributed by atoms with Gasteiger partial charge in [0.2, 0.25) is 5.91 Å². The third kappa shape index (κ3) is 5.54. The molecule has 0 radical (unpaired) electrons. The summed E-state index contributed by atoms with van der Waals surface area (Å²) in [5.74, 6) is 0.409. The predicted octanol–water partition coefficient (Wildman–Crippen LogP) is 4.34. The van der Waals surface area contributed by atoms with Gasteiger partial charge in [-0.25, -0.2) is 0 Å². The highest BCUT2D eigenvalue weighted by atomic mass is 35.5. The maximum atomic E-state index is 12.4. The van der Waals surface area contributed by atoms with Crippen LogP contribution < -0.4 is 5.32 Å². The van der Waals surface area contributed by atoms with E-state index in [1.807, 2.05) is 37.3 Å². The van der Waals surface area contributed by atoms with Gasteiger partial charge in [-0.3, -0.25) is 4.79 Å². The number of carbonyl (C=O) groups is 1. The first-order chi connectivity index (χ1) is 9.56. The van der Waals surface area contributed by atoms with Crippen LogP contribution in [0, 0.1) is 5.92 Å². The lowest BCUT2D eigenvalue weighted by molar-refractivity contribution is -0.123. The number of nitrogens with one attached hydrogen (secondary N) is 1. The van der Waals surface area contributed by atoms with Crippen LogP contribution >= 0.6 is 11.6 Å². The van der Waals surface area contributed by atoms with E-state index in [4.69, 9.17) is 11.6 Å². The van der Waals surface area contributed by atoms with Crippen molar-refractivity contribution in [3.8, 4) is 0 Å². The van der Waals surface area contributed by atoms with Crippen molar-refractivity contribution >= 4 is 17.5 Å². The number of hydrogen-bond acceptors (Lipinski definition) is 1. The molecule has 112 valence electrons. The summed E-state index contributed by atoms with van der Waals surface area (Å²) in [4.78, 5) is 12.4. The molecule has 0 bridgehead atoms. The number of carbonyl (C=O) groups excluding carboxylic acids is 1. The molecule has 0 heterocycles.